The summed E-state index contributed by atoms with van der Waals surface area (Å²) in [6, 6.07) is 3.26. The summed E-state index contributed by atoms with van der Waals surface area (Å²) in [5, 5.41) is 0. The van der Waals surface area contributed by atoms with Crippen LogP contribution in [0.3, 0.4) is 0 Å². The van der Waals surface area contributed by atoms with E-state index < -0.39 is 22.4 Å². The largest absolute Gasteiger partial charge is 0.446 e. The van der Waals surface area contributed by atoms with Crippen molar-refractivity contribution in [3.05, 3.63) is 23.3 Å². The predicted molar refractivity (Wildman–Crippen MR) is 77.6 cm³/mol. The summed E-state index contributed by atoms with van der Waals surface area (Å²) in [6.07, 6.45) is -1.45. The zero-order chi connectivity index (χ0) is 15.5. The van der Waals surface area contributed by atoms with Crippen molar-refractivity contribution in [2.24, 2.45) is 0 Å². The first-order valence-electron chi connectivity index (χ1n) is 5.99. The van der Waals surface area contributed by atoms with Crippen molar-refractivity contribution in [3.8, 4) is 0 Å². The Morgan fingerprint density at radius 1 is 1.30 bits per heavy atom. The summed E-state index contributed by atoms with van der Waals surface area (Å²) >= 11 is 0. The van der Waals surface area contributed by atoms with Gasteiger partial charge in [0.05, 0.1) is 11.8 Å². The van der Waals surface area contributed by atoms with Gasteiger partial charge in [0.1, 0.15) is 0 Å². The van der Waals surface area contributed by atoms with E-state index in [9.17, 15) is 13.2 Å². The minimum absolute atomic E-state index is 0.304. The Balaban J connectivity index is 2.87. The van der Waals surface area contributed by atoms with Gasteiger partial charge in [0.15, 0.2) is 0 Å². The molecule has 4 N–H and O–H groups in total. The molecule has 0 fully saturated rings. The minimum Gasteiger partial charge on any atom is -0.446 e. The lowest BCUT2D eigenvalue weighted by atomic mass is 10.1. The summed E-state index contributed by atoms with van der Waals surface area (Å²) in [5.41, 5.74) is 8.06. The number of nitrogens with one attached hydrogen (secondary N) is 2. The van der Waals surface area contributed by atoms with Crippen LogP contribution in [0.1, 0.15) is 25.0 Å². The molecule has 0 aromatic heterocycles. The lowest BCUT2D eigenvalue weighted by molar-refractivity contribution is 0.121. The molecule has 0 aliphatic heterocycles. The van der Waals surface area contributed by atoms with Crippen molar-refractivity contribution in [1.29, 1.82) is 0 Å². The number of carbonyl (C=O) groups is 1. The van der Waals surface area contributed by atoms with Crippen molar-refractivity contribution in [1.82, 2.24) is 4.72 Å². The lowest BCUT2D eigenvalue weighted by Gasteiger charge is -2.14. The summed E-state index contributed by atoms with van der Waals surface area (Å²) in [6.45, 7) is 6.74. The zero-order valence-corrected chi connectivity index (χ0v) is 12.7. The number of hydrogen-bond donors (Lipinski definition) is 3. The van der Waals surface area contributed by atoms with Crippen LogP contribution in [0, 0.1) is 13.8 Å². The number of anilines is 2. The topological polar surface area (TPSA) is 111 Å². The molecule has 1 aromatic carbocycles. The molecule has 8 heteroatoms. The van der Waals surface area contributed by atoms with Gasteiger partial charge >= 0.3 is 16.3 Å². The number of amides is 1. The Bertz CT molecular complexity index is 611. The van der Waals surface area contributed by atoms with Crippen molar-refractivity contribution in [3.63, 3.8) is 0 Å². The number of benzene rings is 1. The van der Waals surface area contributed by atoms with Crippen LogP contribution in [0.2, 0.25) is 0 Å². The molecule has 0 saturated heterocycles. The van der Waals surface area contributed by atoms with E-state index in [1.807, 2.05) is 6.92 Å². The smallest absolute Gasteiger partial charge is 0.422 e. The van der Waals surface area contributed by atoms with E-state index in [0.717, 1.165) is 5.56 Å². The Hall–Kier alpha value is -1.96. The third-order valence-electron chi connectivity index (χ3n) is 2.54. The fourth-order valence-electron chi connectivity index (χ4n) is 1.49. The Morgan fingerprint density at radius 2 is 1.90 bits per heavy atom. The minimum atomic E-state index is -4.06. The van der Waals surface area contributed by atoms with E-state index in [1.165, 1.54) is 0 Å². The molecule has 20 heavy (non-hydrogen) atoms. The number of rotatable bonds is 4. The first kappa shape index (κ1) is 16.1. The standard InChI is InChI=1S/C12H19N3O4S/c1-7(2)19-12(16)15-20(17,18)14-10-6-5-8(3)11(13)9(10)4/h5-7,14H,13H2,1-4H3,(H,15,16). The fourth-order valence-corrected chi connectivity index (χ4v) is 2.32. The third kappa shape index (κ3) is 4.30. The van der Waals surface area contributed by atoms with Gasteiger partial charge in [-0.2, -0.15) is 8.42 Å². The second kappa shape index (κ2) is 6.00. The van der Waals surface area contributed by atoms with Gasteiger partial charge in [-0.05, 0) is 44.9 Å². The van der Waals surface area contributed by atoms with Crippen molar-refractivity contribution < 1.29 is 17.9 Å². The molecule has 0 saturated carbocycles. The number of hydrogen-bond acceptors (Lipinski definition) is 5. The van der Waals surface area contributed by atoms with Crippen molar-refractivity contribution >= 4 is 27.7 Å². The van der Waals surface area contributed by atoms with Crippen LogP contribution in [0.4, 0.5) is 16.2 Å². The highest BCUT2D eigenvalue weighted by molar-refractivity contribution is 7.91. The van der Waals surface area contributed by atoms with E-state index in [2.05, 4.69) is 4.72 Å². The Labute approximate surface area is 118 Å². The number of carbonyl (C=O) groups excluding carboxylic acids is 1. The average molecular weight is 301 g/mol. The zero-order valence-electron chi connectivity index (χ0n) is 11.9. The molecule has 0 radical (unpaired) electrons. The first-order chi connectivity index (χ1) is 9.12. The SMILES string of the molecule is Cc1ccc(NS(=O)(=O)NC(=O)OC(C)C)c(C)c1N. The summed E-state index contributed by atoms with van der Waals surface area (Å²) < 4.78 is 32.3. The van der Waals surface area contributed by atoms with Gasteiger partial charge in [-0.1, -0.05) is 6.07 Å². The molecule has 7 nitrogen and oxygen atoms in total. The highest BCUT2D eigenvalue weighted by atomic mass is 32.2. The third-order valence-corrected chi connectivity index (χ3v) is 3.46. The Morgan fingerprint density at radius 3 is 2.45 bits per heavy atom. The molecule has 1 rings (SSSR count). The maximum absolute atomic E-state index is 11.8. The maximum atomic E-state index is 11.8. The van der Waals surface area contributed by atoms with E-state index in [4.69, 9.17) is 10.5 Å². The van der Waals surface area contributed by atoms with Crippen LogP contribution >= 0.6 is 0 Å². The second-order valence-electron chi connectivity index (χ2n) is 4.63. The lowest BCUT2D eigenvalue weighted by Crippen LogP contribution is -2.37. The van der Waals surface area contributed by atoms with E-state index in [1.54, 1.807) is 37.6 Å². The summed E-state index contributed by atoms with van der Waals surface area (Å²) in [5.74, 6) is 0. The van der Waals surface area contributed by atoms with Gasteiger partial charge in [0.2, 0.25) is 0 Å². The maximum Gasteiger partial charge on any atom is 0.422 e. The van der Waals surface area contributed by atoms with Gasteiger partial charge < -0.3 is 10.5 Å². The van der Waals surface area contributed by atoms with Crippen molar-refractivity contribution in [2.75, 3.05) is 10.5 Å². The van der Waals surface area contributed by atoms with Crippen LogP contribution in [0.5, 0.6) is 0 Å². The molecule has 112 valence electrons. The van der Waals surface area contributed by atoms with Gasteiger partial charge in [0.25, 0.3) is 0 Å². The van der Waals surface area contributed by atoms with Crippen LogP contribution in [0.25, 0.3) is 0 Å². The highest BCUT2D eigenvalue weighted by Gasteiger charge is 2.18. The molecule has 0 bridgehead atoms. The van der Waals surface area contributed by atoms with Crippen molar-refractivity contribution in [2.45, 2.75) is 33.8 Å². The number of ether oxygens (including phenoxy) is 1. The number of nitrogen functional groups attached to an aromatic ring is 1. The fraction of sp³-hybridized carbons (Fsp3) is 0.417. The molecule has 0 spiro atoms. The van der Waals surface area contributed by atoms with E-state index >= 15 is 0 Å². The van der Waals surface area contributed by atoms with Crippen LogP contribution in [-0.2, 0) is 14.9 Å². The molecule has 1 amide bonds. The predicted octanol–water partition coefficient (Wildman–Crippen LogP) is 1.68. The van der Waals surface area contributed by atoms with Crippen LogP contribution in [0.15, 0.2) is 12.1 Å². The molecule has 0 atom stereocenters. The molecular weight excluding hydrogens is 282 g/mol. The molecule has 0 unspecified atom stereocenters. The molecule has 0 heterocycles. The van der Waals surface area contributed by atoms with Gasteiger partial charge in [-0.15, -0.1) is 0 Å². The van der Waals surface area contributed by atoms with Crippen LogP contribution < -0.4 is 15.2 Å². The second-order valence-corrected chi connectivity index (χ2v) is 6.05. The first-order valence-corrected chi connectivity index (χ1v) is 7.47. The molecule has 1 aromatic rings. The number of aryl methyl sites for hydroxylation is 1. The van der Waals surface area contributed by atoms with Crippen LogP contribution in [-0.4, -0.2) is 20.6 Å². The highest BCUT2D eigenvalue weighted by Crippen LogP contribution is 2.24. The van der Waals surface area contributed by atoms with E-state index in [0.29, 0.717) is 16.9 Å². The molecular formula is C12H19N3O4S. The monoisotopic (exact) mass is 301 g/mol. The summed E-state index contributed by atoms with van der Waals surface area (Å²) in [4.78, 5) is 11.3. The molecule has 0 aliphatic carbocycles. The normalized spacial score (nSPS) is 11.2. The Kier molecular flexibility index (Phi) is 4.83. The van der Waals surface area contributed by atoms with E-state index in [-0.39, 0.29) is 0 Å². The quantitative estimate of drug-likeness (QED) is 0.733. The molecule has 0 aliphatic rings. The van der Waals surface area contributed by atoms with Gasteiger partial charge in [-0.3, -0.25) is 4.72 Å². The van der Waals surface area contributed by atoms with Gasteiger partial charge in [0, 0.05) is 5.69 Å². The average Bonchev–Trinajstić information content (AvgIpc) is 2.28. The summed E-state index contributed by atoms with van der Waals surface area (Å²) in [7, 11) is -4.06. The van der Waals surface area contributed by atoms with Gasteiger partial charge in [-0.25, -0.2) is 9.52 Å². The number of nitrogens with two attached hydrogens (primary N) is 1.